The van der Waals surface area contributed by atoms with Crippen LogP contribution in [0.2, 0.25) is 0 Å². The first-order valence-corrected chi connectivity index (χ1v) is 8.22. The Morgan fingerprint density at radius 2 is 2.17 bits per heavy atom. The fraction of sp³-hybridized carbons (Fsp3) is 0.500. The molecule has 2 aliphatic heterocycles. The third-order valence-corrected chi connectivity index (χ3v) is 4.92. The van der Waals surface area contributed by atoms with E-state index in [0.29, 0.717) is 5.92 Å². The highest BCUT2D eigenvalue weighted by atomic mass is 35.5. The average molecular weight is 351 g/mol. The Balaban J connectivity index is 0.00000169. The summed E-state index contributed by atoms with van der Waals surface area (Å²) in [6.45, 7) is 5.65. The second kappa shape index (κ2) is 6.30. The largest absolute Gasteiger partial charge is 0.497 e. The first-order chi connectivity index (χ1) is 11.1. The minimum Gasteiger partial charge on any atom is -0.497 e. The van der Waals surface area contributed by atoms with Crippen LogP contribution in [0.5, 0.6) is 5.75 Å². The lowest BCUT2D eigenvalue weighted by atomic mass is 9.90. The molecule has 0 saturated carbocycles. The quantitative estimate of drug-likeness (QED) is 0.862. The third-order valence-electron chi connectivity index (χ3n) is 4.92. The molecule has 1 N–H and O–H groups in total. The Morgan fingerprint density at radius 3 is 2.88 bits per heavy atom. The van der Waals surface area contributed by atoms with Gasteiger partial charge in [-0.1, -0.05) is 0 Å². The van der Waals surface area contributed by atoms with Crippen molar-refractivity contribution in [3.63, 3.8) is 0 Å². The Labute approximate surface area is 147 Å². The Kier molecular flexibility index (Phi) is 4.49. The lowest BCUT2D eigenvalue weighted by molar-refractivity contribution is -0.154. The second-order valence-electron chi connectivity index (χ2n) is 6.73. The normalized spacial score (nSPS) is 24.6. The molecule has 130 valence electrons. The zero-order valence-electron chi connectivity index (χ0n) is 14.2. The number of fused-ring (bicyclic) bond motifs is 6. The molecule has 6 heteroatoms. The summed E-state index contributed by atoms with van der Waals surface area (Å²) >= 11 is 0. The summed E-state index contributed by atoms with van der Waals surface area (Å²) in [7, 11) is 1.68. The van der Waals surface area contributed by atoms with Crippen LogP contribution >= 0.6 is 12.4 Å². The monoisotopic (exact) mass is 350 g/mol. The smallest absolute Gasteiger partial charge is 0.329 e. The molecule has 1 aromatic heterocycles. The SMILES string of the molecule is COc1ccc2[nH]c3c(c2c1)C1CCN(C1)C3C(=O)OC(C)C.Cl. The maximum Gasteiger partial charge on any atom is 0.329 e. The highest BCUT2D eigenvalue weighted by Gasteiger charge is 2.44. The number of aromatic amines is 1. The van der Waals surface area contributed by atoms with E-state index in [0.717, 1.165) is 36.5 Å². The van der Waals surface area contributed by atoms with Gasteiger partial charge in [0.05, 0.1) is 13.2 Å². The topological polar surface area (TPSA) is 54.6 Å². The molecule has 3 heterocycles. The molecule has 2 bridgehead atoms. The number of rotatable bonds is 3. The van der Waals surface area contributed by atoms with E-state index in [4.69, 9.17) is 9.47 Å². The molecule has 1 saturated heterocycles. The average Bonchev–Trinajstić information content (AvgIpc) is 3.08. The van der Waals surface area contributed by atoms with Crippen molar-refractivity contribution >= 4 is 29.3 Å². The number of nitrogens with one attached hydrogen (secondary N) is 1. The summed E-state index contributed by atoms with van der Waals surface area (Å²) in [5, 5.41) is 1.17. The zero-order chi connectivity index (χ0) is 16.1. The standard InChI is InChI=1S/C18H22N2O3.ClH/c1-10(2)23-18(21)17-16-15(11-6-7-20(17)9-11)13-8-12(22-3)4-5-14(13)19-16;/h4-5,8,10-11,17,19H,6-7,9H2,1-3H3;1H. The van der Waals surface area contributed by atoms with E-state index in [1.54, 1.807) is 7.11 Å². The van der Waals surface area contributed by atoms with Crippen molar-refractivity contribution in [2.45, 2.75) is 38.3 Å². The van der Waals surface area contributed by atoms with E-state index in [9.17, 15) is 4.79 Å². The van der Waals surface area contributed by atoms with Crippen molar-refractivity contribution in [2.75, 3.05) is 20.2 Å². The van der Waals surface area contributed by atoms with Crippen molar-refractivity contribution in [3.05, 3.63) is 29.5 Å². The maximum atomic E-state index is 12.7. The summed E-state index contributed by atoms with van der Waals surface area (Å²) < 4.78 is 10.9. The van der Waals surface area contributed by atoms with Gasteiger partial charge < -0.3 is 14.5 Å². The maximum absolute atomic E-state index is 12.7. The summed E-state index contributed by atoms with van der Waals surface area (Å²) in [5.74, 6) is 1.18. The fourth-order valence-corrected chi connectivity index (χ4v) is 4.00. The van der Waals surface area contributed by atoms with Crippen LogP contribution in [0.3, 0.4) is 0 Å². The predicted molar refractivity (Wildman–Crippen MR) is 95.0 cm³/mol. The Morgan fingerprint density at radius 1 is 1.38 bits per heavy atom. The highest BCUT2D eigenvalue weighted by molar-refractivity contribution is 5.90. The van der Waals surface area contributed by atoms with Gasteiger partial charge in [0, 0.05) is 29.1 Å². The van der Waals surface area contributed by atoms with Gasteiger partial charge in [0.2, 0.25) is 0 Å². The van der Waals surface area contributed by atoms with Crippen molar-refractivity contribution in [1.82, 2.24) is 9.88 Å². The van der Waals surface area contributed by atoms with Crippen LogP contribution in [-0.2, 0) is 9.53 Å². The van der Waals surface area contributed by atoms with Crippen LogP contribution in [0, 0.1) is 0 Å². The van der Waals surface area contributed by atoms with Crippen LogP contribution in [0.15, 0.2) is 18.2 Å². The molecule has 24 heavy (non-hydrogen) atoms. The van der Waals surface area contributed by atoms with Crippen LogP contribution in [0.1, 0.15) is 43.5 Å². The molecular weight excluding hydrogens is 328 g/mol. The van der Waals surface area contributed by atoms with Crippen LogP contribution in [0.4, 0.5) is 0 Å². The number of ether oxygens (including phenoxy) is 2. The third kappa shape index (κ3) is 2.56. The van der Waals surface area contributed by atoms with Crippen molar-refractivity contribution < 1.29 is 14.3 Å². The number of aromatic nitrogens is 1. The number of hydrogen-bond acceptors (Lipinski definition) is 4. The number of H-pyrrole nitrogens is 1. The van der Waals surface area contributed by atoms with Gasteiger partial charge in [0.15, 0.2) is 0 Å². The molecule has 3 unspecified atom stereocenters. The van der Waals surface area contributed by atoms with E-state index in [1.165, 1.54) is 10.9 Å². The van der Waals surface area contributed by atoms with Crippen LogP contribution in [-0.4, -0.2) is 42.2 Å². The van der Waals surface area contributed by atoms with Gasteiger partial charge in [0.25, 0.3) is 0 Å². The number of benzene rings is 1. The molecule has 0 radical (unpaired) electrons. The van der Waals surface area contributed by atoms with Gasteiger partial charge in [0.1, 0.15) is 11.8 Å². The number of esters is 1. The van der Waals surface area contributed by atoms with Gasteiger partial charge >= 0.3 is 5.97 Å². The summed E-state index contributed by atoms with van der Waals surface area (Å²) in [4.78, 5) is 18.4. The lowest BCUT2D eigenvalue weighted by Gasteiger charge is -2.31. The molecule has 5 nitrogen and oxygen atoms in total. The Hall–Kier alpha value is -1.72. The number of carbonyl (C=O) groups is 1. The minimum atomic E-state index is -0.315. The first kappa shape index (κ1) is 17.1. The molecule has 3 atom stereocenters. The number of halogens is 1. The molecule has 0 amide bonds. The molecule has 1 aromatic carbocycles. The summed E-state index contributed by atoms with van der Waals surface area (Å²) in [6.07, 6.45) is 0.985. The van der Waals surface area contributed by atoms with Gasteiger partial charge in [-0.3, -0.25) is 4.90 Å². The molecule has 0 spiro atoms. The number of nitrogens with zero attached hydrogens (tertiary/aromatic N) is 1. The van der Waals surface area contributed by atoms with Crippen molar-refractivity contribution in [3.8, 4) is 5.75 Å². The van der Waals surface area contributed by atoms with Gasteiger partial charge in [-0.15, -0.1) is 12.4 Å². The van der Waals surface area contributed by atoms with Gasteiger partial charge in [-0.25, -0.2) is 4.79 Å². The van der Waals surface area contributed by atoms with E-state index in [2.05, 4.69) is 16.0 Å². The van der Waals surface area contributed by atoms with Gasteiger partial charge in [-0.05, 0) is 50.6 Å². The molecule has 2 aromatic rings. The van der Waals surface area contributed by atoms with Crippen LogP contribution in [0.25, 0.3) is 10.9 Å². The molecular formula is C18H23ClN2O3. The molecule has 4 rings (SSSR count). The zero-order valence-corrected chi connectivity index (χ0v) is 15.0. The second-order valence-corrected chi connectivity index (χ2v) is 6.73. The number of hydrogen-bond donors (Lipinski definition) is 1. The van der Waals surface area contributed by atoms with E-state index >= 15 is 0 Å². The fourth-order valence-electron chi connectivity index (χ4n) is 4.00. The molecule has 1 fully saturated rings. The summed E-state index contributed by atoms with van der Waals surface area (Å²) in [5.41, 5.74) is 3.35. The lowest BCUT2D eigenvalue weighted by Crippen LogP contribution is -2.37. The van der Waals surface area contributed by atoms with Crippen molar-refractivity contribution in [2.24, 2.45) is 0 Å². The predicted octanol–water partition coefficient (Wildman–Crippen LogP) is 3.39. The van der Waals surface area contributed by atoms with Gasteiger partial charge in [-0.2, -0.15) is 0 Å². The summed E-state index contributed by atoms with van der Waals surface area (Å²) in [6, 6.07) is 5.73. The Bertz CT molecular complexity index is 771. The number of carbonyl (C=O) groups excluding carboxylic acids is 1. The van der Waals surface area contributed by atoms with E-state index < -0.39 is 0 Å². The number of methoxy groups -OCH3 is 1. The molecule has 2 aliphatic rings. The highest BCUT2D eigenvalue weighted by Crippen LogP contribution is 2.46. The van der Waals surface area contributed by atoms with Crippen LogP contribution < -0.4 is 4.74 Å². The first-order valence-electron chi connectivity index (χ1n) is 8.22. The molecule has 0 aliphatic carbocycles. The minimum absolute atomic E-state index is 0. The van der Waals surface area contributed by atoms with Crippen molar-refractivity contribution in [1.29, 1.82) is 0 Å². The van der Waals surface area contributed by atoms with E-state index in [-0.39, 0.29) is 30.5 Å². The van der Waals surface area contributed by atoms with E-state index in [1.807, 2.05) is 26.0 Å².